The second-order valence-electron chi connectivity index (χ2n) is 19.0. The van der Waals surface area contributed by atoms with Crippen LogP contribution in [-0.4, -0.2) is 140 Å². The lowest BCUT2D eigenvalue weighted by Gasteiger charge is -2.46. The van der Waals surface area contributed by atoms with E-state index in [1.165, 1.54) is 89.9 Å². The van der Waals surface area contributed by atoms with Crippen LogP contribution in [-0.2, 0) is 23.7 Å². The van der Waals surface area contributed by atoms with Crippen LogP contribution in [0.25, 0.3) is 0 Å². The van der Waals surface area contributed by atoms with Gasteiger partial charge in [0.1, 0.15) is 48.8 Å². The zero-order valence-electron chi connectivity index (χ0n) is 42.5. The normalized spacial score (nSPS) is 26.6. The first-order valence-electron chi connectivity index (χ1n) is 27.0. The van der Waals surface area contributed by atoms with Gasteiger partial charge in [-0.1, -0.05) is 177 Å². The number of allylic oxidation sites excluding steroid dienone is 9. The molecule has 0 aromatic heterocycles. The molecule has 12 atom stereocenters. The fraction of sp³-hybridized carbons (Fsp3) is 0.800. The second kappa shape index (κ2) is 41.2. The Hall–Kier alpha value is -2.31. The van der Waals surface area contributed by atoms with Crippen molar-refractivity contribution in [2.24, 2.45) is 0 Å². The van der Waals surface area contributed by atoms with Crippen LogP contribution in [0, 0.1) is 0 Å². The number of carbonyl (C=O) groups excluding carboxylic acids is 1. The standard InChI is InChI=1S/C55H97NO13/c1-3-5-7-9-11-13-15-17-19-20-21-22-23-25-26-28-30-32-34-36-38-44(59)43(56-47(60)39-37-35-33-31-29-27-24-18-16-14-12-10-8-6-4-2)42-66-54-52(65)50(63)53(46(41-58)68-54)69-55-51(64)49(62)48(61)45(40-57)67-55/h6,8,12,14,18,24,28,30,36,38,43-46,48-55,57-59,61-65H,3-5,7,9-11,13,15-17,19-23,25-27,29,31-35,37,39-42H2,1-2H3,(H,56,60)/b8-6-,14-12-,24-18-,30-28+,38-36+. The van der Waals surface area contributed by atoms with Crippen LogP contribution in [0.2, 0.25) is 0 Å². The molecule has 14 nitrogen and oxygen atoms in total. The molecule has 0 aliphatic carbocycles. The Morgan fingerprint density at radius 3 is 1.59 bits per heavy atom. The number of carbonyl (C=O) groups is 1. The van der Waals surface area contributed by atoms with Crippen molar-refractivity contribution in [1.82, 2.24) is 5.32 Å². The molecule has 0 aromatic rings. The number of hydrogen-bond acceptors (Lipinski definition) is 13. The maximum absolute atomic E-state index is 13.2. The van der Waals surface area contributed by atoms with Crippen molar-refractivity contribution in [3.05, 3.63) is 60.8 Å². The van der Waals surface area contributed by atoms with Crippen LogP contribution in [0.3, 0.4) is 0 Å². The molecule has 2 heterocycles. The predicted molar refractivity (Wildman–Crippen MR) is 272 cm³/mol. The third-order valence-electron chi connectivity index (χ3n) is 12.9. The Bertz CT molecular complexity index is 1390. The van der Waals surface area contributed by atoms with E-state index in [0.717, 1.165) is 64.2 Å². The molecule has 0 radical (unpaired) electrons. The number of aliphatic hydroxyl groups excluding tert-OH is 8. The lowest BCUT2D eigenvalue weighted by Crippen LogP contribution is -2.65. The number of aliphatic hydroxyl groups is 8. The lowest BCUT2D eigenvalue weighted by atomic mass is 9.97. The van der Waals surface area contributed by atoms with E-state index in [2.05, 4.69) is 67.8 Å². The van der Waals surface area contributed by atoms with E-state index in [1.807, 2.05) is 6.08 Å². The third-order valence-corrected chi connectivity index (χ3v) is 12.9. The topological polar surface area (TPSA) is 228 Å². The van der Waals surface area contributed by atoms with Gasteiger partial charge < -0.3 is 65.1 Å². The molecule has 14 heteroatoms. The largest absolute Gasteiger partial charge is 0.394 e. The highest BCUT2D eigenvalue weighted by molar-refractivity contribution is 5.76. The van der Waals surface area contributed by atoms with Crippen molar-refractivity contribution in [3.8, 4) is 0 Å². The molecule has 0 spiro atoms. The Balaban J connectivity index is 1.84. The molecule has 2 rings (SSSR count). The van der Waals surface area contributed by atoms with Gasteiger partial charge >= 0.3 is 0 Å². The zero-order valence-corrected chi connectivity index (χ0v) is 42.5. The summed E-state index contributed by atoms with van der Waals surface area (Å²) in [4.78, 5) is 13.2. The summed E-state index contributed by atoms with van der Waals surface area (Å²) < 4.78 is 22.7. The van der Waals surface area contributed by atoms with Gasteiger partial charge in [-0.15, -0.1) is 0 Å². The molecule has 9 N–H and O–H groups in total. The summed E-state index contributed by atoms with van der Waals surface area (Å²) in [5.74, 6) is -0.268. The van der Waals surface area contributed by atoms with Crippen molar-refractivity contribution < 1.29 is 64.6 Å². The number of amides is 1. The first-order valence-corrected chi connectivity index (χ1v) is 27.0. The maximum Gasteiger partial charge on any atom is 0.220 e. The summed E-state index contributed by atoms with van der Waals surface area (Å²) in [5.41, 5.74) is 0. The molecule has 0 saturated carbocycles. The molecule has 0 bridgehead atoms. The molecule has 12 unspecified atom stereocenters. The Morgan fingerprint density at radius 2 is 1.01 bits per heavy atom. The van der Waals surface area contributed by atoms with Crippen LogP contribution in [0.4, 0.5) is 0 Å². The number of unbranched alkanes of at least 4 members (excludes halogenated alkanes) is 20. The van der Waals surface area contributed by atoms with Gasteiger partial charge in [0.2, 0.25) is 5.91 Å². The van der Waals surface area contributed by atoms with Gasteiger partial charge in [0, 0.05) is 6.42 Å². The van der Waals surface area contributed by atoms with E-state index < -0.39 is 86.8 Å². The minimum atomic E-state index is -1.79. The minimum Gasteiger partial charge on any atom is -0.394 e. The van der Waals surface area contributed by atoms with Crippen LogP contribution in [0.1, 0.15) is 187 Å². The fourth-order valence-electron chi connectivity index (χ4n) is 8.56. The van der Waals surface area contributed by atoms with E-state index >= 15 is 0 Å². The number of ether oxygens (including phenoxy) is 4. The van der Waals surface area contributed by atoms with Crippen LogP contribution < -0.4 is 5.32 Å². The smallest absolute Gasteiger partial charge is 0.220 e. The van der Waals surface area contributed by atoms with Gasteiger partial charge in [0.15, 0.2) is 12.6 Å². The van der Waals surface area contributed by atoms with E-state index in [0.29, 0.717) is 12.8 Å². The molecule has 2 aliphatic heterocycles. The molecule has 2 aliphatic rings. The Labute approximate surface area is 416 Å². The van der Waals surface area contributed by atoms with E-state index in [-0.39, 0.29) is 18.9 Å². The van der Waals surface area contributed by atoms with Crippen molar-refractivity contribution in [3.63, 3.8) is 0 Å². The van der Waals surface area contributed by atoms with E-state index in [9.17, 15) is 45.6 Å². The van der Waals surface area contributed by atoms with E-state index in [1.54, 1.807) is 6.08 Å². The average Bonchev–Trinajstić information content (AvgIpc) is 3.35. The van der Waals surface area contributed by atoms with Gasteiger partial charge in [0.05, 0.1) is 32.0 Å². The highest BCUT2D eigenvalue weighted by atomic mass is 16.7. The SMILES string of the molecule is CC/C=C\C/C=C\C/C=C\CCCCCCCC(=O)NC(COC1OC(CO)C(OC2OC(CO)C(O)C(O)C2O)C(O)C1O)C(O)/C=C/CC/C=C/CCCCCCCCCCCCCCCC. The van der Waals surface area contributed by atoms with Gasteiger partial charge in [-0.3, -0.25) is 4.79 Å². The first-order chi connectivity index (χ1) is 33.6. The summed E-state index contributed by atoms with van der Waals surface area (Å²) >= 11 is 0. The molecule has 1 amide bonds. The lowest BCUT2D eigenvalue weighted by molar-refractivity contribution is -0.359. The number of rotatable bonds is 41. The highest BCUT2D eigenvalue weighted by Gasteiger charge is 2.51. The van der Waals surface area contributed by atoms with Gasteiger partial charge in [-0.2, -0.15) is 0 Å². The van der Waals surface area contributed by atoms with Crippen LogP contribution in [0.5, 0.6) is 0 Å². The monoisotopic (exact) mass is 980 g/mol. The van der Waals surface area contributed by atoms with Crippen molar-refractivity contribution in [2.45, 2.75) is 261 Å². The van der Waals surface area contributed by atoms with E-state index in [4.69, 9.17) is 18.9 Å². The summed E-state index contributed by atoms with van der Waals surface area (Å²) in [7, 11) is 0. The summed E-state index contributed by atoms with van der Waals surface area (Å²) in [6, 6.07) is -0.942. The molecular weight excluding hydrogens is 883 g/mol. The van der Waals surface area contributed by atoms with Crippen molar-refractivity contribution in [2.75, 3.05) is 19.8 Å². The highest BCUT2D eigenvalue weighted by Crippen LogP contribution is 2.30. The van der Waals surface area contributed by atoms with Crippen molar-refractivity contribution in [1.29, 1.82) is 0 Å². The quantitative estimate of drug-likeness (QED) is 0.0211. The molecule has 400 valence electrons. The third kappa shape index (κ3) is 27.9. The molecule has 2 fully saturated rings. The summed E-state index contributed by atoms with van der Waals surface area (Å²) in [5, 5.41) is 86.8. The molecule has 2 saturated heterocycles. The first kappa shape index (κ1) is 62.8. The molecule has 69 heavy (non-hydrogen) atoms. The number of hydrogen-bond donors (Lipinski definition) is 9. The van der Waals surface area contributed by atoms with Crippen LogP contribution >= 0.6 is 0 Å². The minimum absolute atomic E-state index is 0.252. The van der Waals surface area contributed by atoms with Gasteiger partial charge in [-0.05, 0) is 64.2 Å². The fourth-order valence-corrected chi connectivity index (χ4v) is 8.56. The Morgan fingerprint density at radius 1 is 0.536 bits per heavy atom. The Kier molecular flexibility index (Phi) is 37.5. The maximum atomic E-state index is 13.2. The molecule has 0 aromatic carbocycles. The zero-order chi connectivity index (χ0) is 50.3. The van der Waals surface area contributed by atoms with Gasteiger partial charge in [0.25, 0.3) is 0 Å². The van der Waals surface area contributed by atoms with Crippen molar-refractivity contribution >= 4 is 5.91 Å². The molecular formula is C55H97NO13. The summed E-state index contributed by atoms with van der Waals surface area (Å²) in [6.07, 6.45) is 34.0. The van der Waals surface area contributed by atoms with Crippen LogP contribution in [0.15, 0.2) is 60.8 Å². The summed E-state index contributed by atoms with van der Waals surface area (Å²) in [6.45, 7) is 2.64. The average molecular weight is 980 g/mol. The van der Waals surface area contributed by atoms with Gasteiger partial charge in [-0.25, -0.2) is 0 Å². The second-order valence-corrected chi connectivity index (χ2v) is 19.0. The number of nitrogens with one attached hydrogen (secondary N) is 1. The predicted octanol–water partition coefficient (Wildman–Crippen LogP) is 7.83.